The molecule has 0 aliphatic carbocycles. The van der Waals surface area contributed by atoms with Crippen molar-refractivity contribution in [1.82, 2.24) is 9.88 Å². The minimum Gasteiger partial charge on any atom is -0.496 e. The standard InChI is InChI=1S/C21H25N3O3/c1-26-14-13-24-15-18(17-8-4-5-9-19(17)24)23-21(25)22-12-11-16-7-3-6-10-20(16)27-2/h3-10,15H,11-14H2,1-2H3,(H2,22,23,25). The highest BCUT2D eigenvalue weighted by Crippen LogP contribution is 2.25. The smallest absolute Gasteiger partial charge is 0.319 e. The second-order valence-electron chi connectivity index (χ2n) is 6.19. The number of fused-ring (bicyclic) bond motifs is 1. The fourth-order valence-corrected chi connectivity index (χ4v) is 3.11. The molecule has 0 aliphatic heterocycles. The van der Waals surface area contributed by atoms with Crippen molar-refractivity contribution >= 4 is 22.6 Å². The first kappa shape index (κ1) is 18.8. The Kier molecular flexibility index (Phi) is 6.33. The van der Waals surface area contributed by atoms with Crippen molar-refractivity contribution in [2.24, 2.45) is 0 Å². The van der Waals surface area contributed by atoms with Crippen LogP contribution >= 0.6 is 0 Å². The molecule has 6 heteroatoms. The number of nitrogens with one attached hydrogen (secondary N) is 2. The Bertz CT molecular complexity index is 905. The average molecular weight is 367 g/mol. The fourth-order valence-electron chi connectivity index (χ4n) is 3.11. The summed E-state index contributed by atoms with van der Waals surface area (Å²) >= 11 is 0. The second kappa shape index (κ2) is 9.09. The van der Waals surface area contributed by atoms with Crippen LogP contribution in [0.2, 0.25) is 0 Å². The molecule has 27 heavy (non-hydrogen) atoms. The van der Waals surface area contributed by atoms with E-state index in [1.165, 1.54) is 0 Å². The number of urea groups is 1. The van der Waals surface area contributed by atoms with E-state index in [0.29, 0.717) is 19.6 Å². The third-order valence-electron chi connectivity index (χ3n) is 4.45. The summed E-state index contributed by atoms with van der Waals surface area (Å²) in [4.78, 5) is 12.3. The fraction of sp³-hybridized carbons (Fsp3) is 0.286. The average Bonchev–Trinajstić information content (AvgIpc) is 3.04. The molecule has 142 valence electrons. The molecule has 2 amide bonds. The van der Waals surface area contributed by atoms with E-state index in [0.717, 1.165) is 34.4 Å². The Morgan fingerprint density at radius 2 is 1.85 bits per heavy atom. The number of rotatable bonds is 8. The Morgan fingerprint density at radius 1 is 1.07 bits per heavy atom. The van der Waals surface area contributed by atoms with Crippen LogP contribution < -0.4 is 15.4 Å². The van der Waals surface area contributed by atoms with Gasteiger partial charge in [-0.05, 0) is 24.1 Å². The third kappa shape index (κ3) is 4.60. The van der Waals surface area contributed by atoms with Gasteiger partial charge in [0.25, 0.3) is 0 Å². The summed E-state index contributed by atoms with van der Waals surface area (Å²) in [6.45, 7) is 1.87. The van der Waals surface area contributed by atoms with E-state index in [-0.39, 0.29) is 6.03 Å². The molecule has 0 unspecified atom stereocenters. The highest BCUT2D eigenvalue weighted by atomic mass is 16.5. The van der Waals surface area contributed by atoms with Crippen molar-refractivity contribution in [1.29, 1.82) is 0 Å². The lowest BCUT2D eigenvalue weighted by molar-refractivity contribution is 0.188. The predicted molar refractivity (Wildman–Crippen MR) is 108 cm³/mol. The van der Waals surface area contributed by atoms with Gasteiger partial charge in [0.2, 0.25) is 0 Å². The van der Waals surface area contributed by atoms with E-state index < -0.39 is 0 Å². The van der Waals surface area contributed by atoms with Gasteiger partial charge in [-0.25, -0.2) is 4.79 Å². The lowest BCUT2D eigenvalue weighted by Crippen LogP contribution is -2.30. The first-order valence-electron chi connectivity index (χ1n) is 8.96. The van der Waals surface area contributed by atoms with Gasteiger partial charge in [0.1, 0.15) is 5.75 Å². The largest absolute Gasteiger partial charge is 0.496 e. The maximum absolute atomic E-state index is 12.3. The number of anilines is 1. The van der Waals surface area contributed by atoms with E-state index in [1.807, 2.05) is 54.7 Å². The summed E-state index contributed by atoms with van der Waals surface area (Å²) < 4.78 is 12.6. The van der Waals surface area contributed by atoms with Gasteiger partial charge in [-0.3, -0.25) is 0 Å². The van der Waals surface area contributed by atoms with E-state index >= 15 is 0 Å². The topological polar surface area (TPSA) is 64.5 Å². The van der Waals surface area contributed by atoms with Crippen molar-refractivity contribution in [2.75, 3.05) is 32.7 Å². The molecule has 3 rings (SSSR count). The van der Waals surface area contributed by atoms with Crippen LogP contribution in [0.5, 0.6) is 5.75 Å². The number of para-hydroxylation sites is 2. The van der Waals surface area contributed by atoms with Crippen LogP contribution in [0.3, 0.4) is 0 Å². The SMILES string of the molecule is COCCn1cc(NC(=O)NCCc2ccccc2OC)c2ccccc21. The number of carbonyl (C=O) groups excluding carboxylic acids is 1. The number of benzene rings is 2. The van der Waals surface area contributed by atoms with Crippen molar-refractivity contribution in [3.05, 3.63) is 60.3 Å². The molecule has 0 aliphatic rings. The van der Waals surface area contributed by atoms with Crippen LogP contribution in [0, 0.1) is 0 Å². The summed E-state index contributed by atoms with van der Waals surface area (Å²) in [5.41, 5.74) is 2.92. The molecule has 2 aromatic carbocycles. The molecule has 0 saturated heterocycles. The quantitative estimate of drug-likeness (QED) is 0.639. The molecule has 1 aromatic heterocycles. The van der Waals surface area contributed by atoms with Crippen molar-refractivity contribution < 1.29 is 14.3 Å². The lowest BCUT2D eigenvalue weighted by atomic mass is 10.1. The van der Waals surface area contributed by atoms with Gasteiger partial charge in [-0.15, -0.1) is 0 Å². The molecule has 2 N–H and O–H groups in total. The Labute approximate surface area is 159 Å². The Balaban J connectivity index is 1.62. The van der Waals surface area contributed by atoms with Gasteiger partial charge in [0.15, 0.2) is 0 Å². The molecule has 0 saturated carbocycles. The van der Waals surface area contributed by atoms with Crippen LogP contribution in [-0.2, 0) is 17.7 Å². The van der Waals surface area contributed by atoms with E-state index in [9.17, 15) is 4.79 Å². The highest BCUT2D eigenvalue weighted by Gasteiger charge is 2.11. The molecule has 0 bridgehead atoms. The summed E-state index contributed by atoms with van der Waals surface area (Å²) in [6, 6.07) is 15.6. The molecule has 6 nitrogen and oxygen atoms in total. The van der Waals surface area contributed by atoms with Gasteiger partial charge >= 0.3 is 6.03 Å². The zero-order chi connectivity index (χ0) is 19.1. The van der Waals surface area contributed by atoms with Crippen LogP contribution in [0.15, 0.2) is 54.7 Å². The predicted octanol–water partition coefficient (Wildman–Crippen LogP) is 3.66. The summed E-state index contributed by atoms with van der Waals surface area (Å²) in [5.74, 6) is 0.834. The molecule has 0 radical (unpaired) electrons. The number of nitrogens with zero attached hydrogens (tertiary/aromatic N) is 1. The molecule has 3 aromatic rings. The number of hydrogen-bond donors (Lipinski definition) is 2. The number of methoxy groups -OCH3 is 2. The van der Waals surface area contributed by atoms with Gasteiger partial charge in [-0.2, -0.15) is 0 Å². The summed E-state index contributed by atoms with van der Waals surface area (Å²) in [5, 5.41) is 6.87. The van der Waals surface area contributed by atoms with Gasteiger partial charge < -0.3 is 24.7 Å². The monoisotopic (exact) mass is 367 g/mol. The maximum atomic E-state index is 12.3. The number of hydrogen-bond acceptors (Lipinski definition) is 3. The normalized spacial score (nSPS) is 10.7. The maximum Gasteiger partial charge on any atom is 0.319 e. The molecule has 1 heterocycles. The van der Waals surface area contributed by atoms with Crippen LogP contribution in [0.1, 0.15) is 5.56 Å². The molecular weight excluding hydrogens is 342 g/mol. The van der Waals surface area contributed by atoms with Crippen LogP contribution in [0.25, 0.3) is 10.9 Å². The molecule has 0 spiro atoms. The first-order chi connectivity index (χ1) is 13.2. The zero-order valence-corrected chi connectivity index (χ0v) is 15.7. The van der Waals surface area contributed by atoms with E-state index in [4.69, 9.17) is 9.47 Å². The highest BCUT2D eigenvalue weighted by molar-refractivity contribution is 6.01. The van der Waals surface area contributed by atoms with E-state index in [1.54, 1.807) is 14.2 Å². The minimum atomic E-state index is -0.223. The number of ether oxygens (including phenoxy) is 2. The molecular formula is C21H25N3O3. The second-order valence-corrected chi connectivity index (χ2v) is 6.19. The number of carbonyl (C=O) groups is 1. The van der Waals surface area contributed by atoms with Crippen molar-refractivity contribution in [3.8, 4) is 5.75 Å². The number of aromatic nitrogens is 1. The van der Waals surface area contributed by atoms with Crippen molar-refractivity contribution in [3.63, 3.8) is 0 Å². The first-order valence-corrected chi connectivity index (χ1v) is 8.96. The van der Waals surface area contributed by atoms with Gasteiger partial charge in [-0.1, -0.05) is 36.4 Å². The zero-order valence-electron chi connectivity index (χ0n) is 15.7. The minimum absolute atomic E-state index is 0.223. The molecule has 0 atom stereocenters. The lowest BCUT2D eigenvalue weighted by Gasteiger charge is -2.09. The Hall–Kier alpha value is -2.99. The van der Waals surface area contributed by atoms with E-state index in [2.05, 4.69) is 15.2 Å². The summed E-state index contributed by atoms with van der Waals surface area (Å²) in [7, 11) is 3.33. The van der Waals surface area contributed by atoms with Crippen LogP contribution in [-0.4, -0.2) is 38.0 Å². The Morgan fingerprint density at radius 3 is 2.67 bits per heavy atom. The van der Waals surface area contributed by atoms with Gasteiger partial charge in [0.05, 0.1) is 24.9 Å². The molecule has 0 fully saturated rings. The van der Waals surface area contributed by atoms with Crippen LogP contribution in [0.4, 0.5) is 10.5 Å². The van der Waals surface area contributed by atoms with Crippen molar-refractivity contribution in [2.45, 2.75) is 13.0 Å². The number of amides is 2. The van der Waals surface area contributed by atoms with Gasteiger partial charge in [0, 0.05) is 31.8 Å². The summed E-state index contributed by atoms with van der Waals surface area (Å²) in [6.07, 6.45) is 2.65. The third-order valence-corrected chi connectivity index (χ3v) is 4.45.